The Morgan fingerprint density at radius 3 is 2.12 bits per heavy atom. The van der Waals surface area contributed by atoms with Crippen LogP contribution in [0.3, 0.4) is 0 Å². The summed E-state index contributed by atoms with van der Waals surface area (Å²) in [6.07, 6.45) is 2.26. The van der Waals surface area contributed by atoms with Crippen molar-refractivity contribution in [3.8, 4) is 0 Å². The van der Waals surface area contributed by atoms with Gasteiger partial charge >= 0.3 is 0 Å². The summed E-state index contributed by atoms with van der Waals surface area (Å²) in [5.41, 5.74) is 5.39. The van der Waals surface area contributed by atoms with Crippen LogP contribution in [-0.2, 0) is 9.59 Å². The first-order valence-electron chi connectivity index (χ1n) is 5.94. The van der Waals surface area contributed by atoms with Crippen LogP contribution in [0, 0.1) is 17.8 Å². The van der Waals surface area contributed by atoms with Crippen LogP contribution in [0.25, 0.3) is 0 Å². The van der Waals surface area contributed by atoms with Gasteiger partial charge in [0.1, 0.15) is 0 Å². The molecule has 0 aromatic carbocycles. The van der Waals surface area contributed by atoms with Crippen molar-refractivity contribution in [1.29, 1.82) is 0 Å². The molecule has 4 heteroatoms. The summed E-state index contributed by atoms with van der Waals surface area (Å²) in [5, 5.41) is 2.61. The lowest BCUT2D eigenvalue weighted by atomic mass is 9.81. The van der Waals surface area contributed by atoms with E-state index in [2.05, 4.69) is 5.32 Å². The van der Waals surface area contributed by atoms with Gasteiger partial charge in [0.15, 0.2) is 0 Å². The molecule has 0 aromatic heterocycles. The standard InChI is InChI=1S/C12H24N2O2/c1-5-6-9(12(16)14-4)10(11(13)15)7-8(2)3/h8-10H,5-7H2,1-4H3,(H2,13,15)(H,14,16). The maximum Gasteiger partial charge on any atom is 0.223 e. The van der Waals surface area contributed by atoms with Crippen LogP contribution in [0.4, 0.5) is 0 Å². The van der Waals surface area contributed by atoms with E-state index in [0.29, 0.717) is 18.8 Å². The van der Waals surface area contributed by atoms with Crippen molar-refractivity contribution in [1.82, 2.24) is 5.32 Å². The minimum Gasteiger partial charge on any atom is -0.369 e. The summed E-state index contributed by atoms with van der Waals surface area (Å²) in [6.45, 7) is 6.06. The molecule has 16 heavy (non-hydrogen) atoms. The van der Waals surface area contributed by atoms with Gasteiger partial charge in [-0.2, -0.15) is 0 Å². The molecule has 0 saturated heterocycles. The minimum absolute atomic E-state index is 0.0775. The van der Waals surface area contributed by atoms with Gasteiger partial charge in [-0.1, -0.05) is 27.2 Å². The van der Waals surface area contributed by atoms with Gasteiger partial charge in [0.2, 0.25) is 11.8 Å². The van der Waals surface area contributed by atoms with E-state index in [1.165, 1.54) is 0 Å². The second-order valence-corrected chi connectivity index (χ2v) is 4.65. The van der Waals surface area contributed by atoms with Crippen molar-refractivity contribution in [3.63, 3.8) is 0 Å². The SMILES string of the molecule is CCCC(C(=O)NC)C(CC(C)C)C(N)=O. The number of carbonyl (C=O) groups is 2. The zero-order chi connectivity index (χ0) is 12.7. The molecule has 0 aliphatic heterocycles. The first kappa shape index (κ1) is 14.9. The lowest BCUT2D eigenvalue weighted by Gasteiger charge is -2.24. The Morgan fingerprint density at radius 1 is 1.25 bits per heavy atom. The summed E-state index contributed by atoms with van der Waals surface area (Å²) < 4.78 is 0. The molecule has 3 N–H and O–H groups in total. The van der Waals surface area contributed by atoms with E-state index < -0.39 is 0 Å². The van der Waals surface area contributed by atoms with Gasteiger partial charge < -0.3 is 11.1 Å². The lowest BCUT2D eigenvalue weighted by molar-refractivity contribution is -0.133. The van der Waals surface area contributed by atoms with Crippen LogP contribution >= 0.6 is 0 Å². The normalized spacial score (nSPS) is 14.6. The molecule has 0 saturated carbocycles. The molecule has 0 bridgehead atoms. The maximum atomic E-state index is 11.7. The second-order valence-electron chi connectivity index (χ2n) is 4.65. The highest BCUT2D eigenvalue weighted by molar-refractivity contribution is 5.86. The lowest BCUT2D eigenvalue weighted by Crippen LogP contribution is -2.39. The third kappa shape index (κ3) is 4.64. The fourth-order valence-electron chi connectivity index (χ4n) is 2.00. The molecular weight excluding hydrogens is 204 g/mol. The third-order valence-electron chi connectivity index (χ3n) is 2.76. The number of nitrogens with one attached hydrogen (secondary N) is 1. The Hall–Kier alpha value is -1.06. The fraction of sp³-hybridized carbons (Fsp3) is 0.833. The van der Waals surface area contributed by atoms with Gasteiger partial charge in [0.05, 0.1) is 0 Å². The van der Waals surface area contributed by atoms with Crippen LogP contribution < -0.4 is 11.1 Å². The molecule has 94 valence electrons. The largest absolute Gasteiger partial charge is 0.369 e. The molecule has 0 fully saturated rings. The molecule has 2 unspecified atom stereocenters. The van der Waals surface area contributed by atoms with Gasteiger partial charge in [-0.15, -0.1) is 0 Å². The van der Waals surface area contributed by atoms with Gasteiger partial charge in [0, 0.05) is 18.9 Å². The highest BCUT2D eigenvalue weighted by atomic mass is 16.2. The van der Waals surface area contributed by atoms with Gasteiger partial charge in [0.25, 0.3) is 0 Å². The van der Waals surface area contributed by atoms with Crippen molar-refractivity contribution in [2.45, 2.75) is 40.0 Å². The first-order chi connectivity index (χ1) is 7.43. The van der Waals surface area contributed by atoms with E-state index in [1.54, 1.807) is 7.05 Å². The summed E-state index contributed by atoms with van der Waals surface area (Å²) in [5.74, 6) is -0.710. The Morgan fingerprint density at radius 2 is 1.81 bits per heavy atom. The Labute approximate surface area is 98.0 Å². The molecule has 0 aromatic rings. The number of amides is 2. The topological polar surface area (TPSA) is 72.2 Å². The van der Waals surface area contributed by atoms with E-state index in [9.17, 15) is 9.59 Å². The number of hydrogen-bond acceptors (Lipinski definition) is 2. The van der Waals surface area contributed by atoms with E-state index in [1.807, 2.05) is 20.8 Å². The van der Waals surface area contributed by atoms with Crippen LogP contribution in [0.15, 0.2) is 0 Å². The molecule has 4 nitrogen and oxygen atoms in total. The summed E-state index contributed by atoms with van der Waals surface area (Å²) in [7, 11) is 1.60. The fourth-order valence-corrected chi connectivity index (χ4v) is 2.00. The predicted octanol–water partition coefficient (Wildman–Crippen LogP) is 1.30. The van der Waals surface area contributed by atoms with Crippen LogP contribution in [0.5, 0.6) is 0 Å². The van der Waals surface area contributed by atoms with E-state index in [0.717, 1.165) is 6.42 Å². The molecule has 2 atom stereocenters. The van der Waals surface area contributed by atoms with Crippen molar-refractivity contribution in [2.24, 2.45) is 23.5 Å². The first-order valence-corrected chi connectivity index (χ1v) is 5.94. The molecule has 0 heterocycles. The Balaban J connectivity index is 4.78. The van der Waals surface area contributed by atoms with Crippen LogP contribution in [0.1, 0.15) is 40.0 Å². The summed E-state index contributed by atoms with van der Waals surface area (Å²) in [6, 6.07) is 0. The van der Waals surface area contributed by atoms with Crippen molar-refractivity contribution in [3.05, 3.63) is 0 Å². The Kier molecular flexibility index (Phi) is 6.77. The smallest absolute Gasteiger partial charge is 0.223 e. The second kappa shape index (κ2) is 7.25. The number of primary amides is 1. The van der Waals surface area contributed by atoms with Crippen LogP contribution in [0.2, 0.25) is 0 Å². The van der Waals surface area contributed by atoms with E-state index in [-0.39, 0.29) is 23.7 Å². The quantitative estimate of drug-likeness (QED) is 0.689. The van der Waals surface area contributed by atoms with Gasteiger partial charge in [-0.25, -0.2) is 0 Å². The van der Waals surface area contributed by atoms with E-state index >= 15 is 0 Å². The zero-order valence-electron chi connectivity index (χ0n) is 10.7. The van der Waals surface area contributed by atoms with Crippen molar-refractivity contribution < 1.29 is 9.59 Å². The van der Waals surface area contributed by atoms with Crippen LogP contribution in [-0.4, -0.2) is 18.9 Å². The minimum atomic E-state index is -0.365. The highest BCUT2D eigenvalue weighted by Crippen LogP contribution is 2.24. The summed E-state index contributed by atoms with van der Waals surface area (Å²) in [4.78, 5) is 23.1. The molecule has 0 rings (SSSR count). The molecule has 0 aliphatic rings. The number of carbonyl (C=O) groups excluding carboxylic acids is 2. The third-order valence-corrected chi connectivity index (χ3v) is 2.76. The Bertz CT molecular complexity index is 239. The number of rotatable bonds is 7. The molecular formula is C12H24N2O2. The molecule has 2 amide bonds. The maximum absolute atomic E-state index is 11.7. The molecule has 0 radical (unpaired) electrons. The summed E-state index contributed by atoms with van der Waals surface area (Å²) >= 11 is 0. The molecule has 0 aliphatic carbocycles. The predicted molar refractivity (Wildman–Crippen MR) is 64.6 cm³/mol. The average molecular weight is 228 g/mol. The van der Waals surface area contributed by atoms with Gasteiger partial charge in [-0.3, -0.25) is 9.59 Å². The van der Waals surface area contributed by atoms with Crippen molar-refractivity contribution >= 4 is 11.8 Å². The zero-order valence-corrected chi connectivity index (χ0v) is 10.7. The highest BCUT2D eigenvalue weighted by Gasteiger charge is 2.31. The molecule has 0 spiro atoms. The average Bonchev–Trinajstić information content (AvgIpc) is 2.21. The van der Waals surface area contributed by atoms with E-state index in [4.69, 9.17) is 5.73 Å². The monoisotopic (exact) mass is 228 g/mol. The van der Waals surface area contributed by atoms with Crippen molar-refractivity contribution in [2.75, 3.05) is 7.05 Å². The van der Waals surface area contributed by atoms with Gasteiger partial charge in [-0.05, 0) is 18.8 Å². The number of nitrogens with two attached hydrogens (primary N) is 1. The number of hydrogen-bond donors (Lipinski definition) is 2.